The van der Waals surface area contributed by atoms with Gasteiger partial charge in [-0.2, -0.15) is 5.26 Å². The Morgan fingerprint density at radius 3 is 2.69 bits per heavy atom. The van der Waals surface area contributed by atoms with Crippen molar-refractivity contribution in [1.29, 1.82) is 5.26 Å². The summed E-state index contributed by atoms with van der Waals surface area (Å²) in [6, 6.07) is 9.53. The van der Waals surface area contributed by atoms with Crippen LogP contribution in [-0.2, 0) is 16.1 Å². The summed E-state index contributed by atoms with van der Waals surface area (Å²) in [4.78, 5) is 30.2. The number of nitrogens with one attached hydrogen (secondary N) is 2. The van der Waals surface area contributed by atoms with Crippen molar-refractivity contribution in [3.8, 4) is 6.07 Å². The second-order valence-corrected chi connectivity index (χ2v) is 11.0. The zero-order chi connectivity index (χ0) is 25.2. The molecule has 1 saturated carbocycles. The number of nitriles is 1. The highest BCUT2D eigenvalue weighted by atomic mass is 32.1. The average molecular weight is 494 g/mol. The summed E-state index contributed by atoms with van der Waals surface area (Å²) in [5, 5.41) is 16.0. The fourth-order valence-corrected chi connectivity index (χ4v) is 5.31. The Balaban J connectivity index is 1.67. The summed E-state index contributed by atoms with van der Waals surface area (Å²) in [6.07, 6.45) is 5.81. The Bertz CT molecular complexity index is 1380. The van der Waals surface area contributed by atoms with Crippen LogP contribution in [0.5, 0.6) is 0 Å². The number of benzene rings is 1. The van der Waals surface area contributed by atoms with Crippen molar-refractivity contribution in [3.63, 3.8) is 0 Å². The maximum Gasteiger partial charge on any atom is 0.270 e. The first kappa shape index (κ1) is 24.7. The molecule has 0 atom stereocenters. The first-order valence-electron chi connectivity index (χ1n) is 11.9. The number of hydrogen-bond acceptors (Lipinski definition) is 7. The Morgan fingerprint density at radius 2 is 2.03 bits per heavy atom. The molecule has 1 aromatic carbocycles. The molecule has 1 fully saturated rings. The molecule has 1 aromatic heterocycles. The minimum atomic E-state index is -0.506. The first-order chi connectivity index (χ1) is 16.7. The molecule has 184 valence electrons. The quantitative estimate of drug-likeness (QED) is 0.665. The van der Waals surface area contributed by atoms with Crippen LogP contribution in [0, 0.1) is 16.7 Å². The predicted molar refractivity (Wildman–Crippen MR) is 140 cm³/mol. The number of nitrogens with zero attached hydrogens (tertiary/aromatic N) is 3. The molecule has 1 aliphatic heterocycles. The van der Waals surface area contributed by atoms with Gasteiger partial charge in [-0.1, -0.05) is 39.7 Å². The van der Waals surface area contributed by atoms with E-state index in [-0.39, 0.29) is 17.0 Å². The van der Waals surface area contributed by atoms with Crippen LogP contribution in [0.4, 0.5) is 11.4 Å². The summed E-state index contributed by atoms with van der Waals surface area (Å²) in [6.45, 7) is 8.37. The fraction of sp³-hybridized carbons (Fsp3) is 0.462. The zero-order valence-corrected chi connectivity index (χ0v) is 21.4. The van der Waals surface area contributed by atoms with E-state index in [1.54, 1.807) is 10.8 Å². The van der Waals surface area contributed by atoms with Gasteiger partial charge in [-0.3, -0.25) is 14.2 Å². The molecule has 0 unspecified atom stereocenters. The van der Waals surface area contributed by atoms with Gasteiger partial charge in [0.25, 0.3) is 5.56 Å². The van der Waals surface area contributed by atoms with Crippen LogP contribution in [0.1, 0.15) is 53.4 Å². The summed E-state index contributed by atoms with van der Waals surface area (Å²) < 4.78 is 8.47. The van der Waals surface area contributed by atoms with E-state index < -0.39 is 5.41 Å². The van der Waals surface area contributed by atoms with Crippen LogP contribution in [-0.4, -0.2) is 28.5 Å². The molecule has 35 heavy (non-hydrogen) atoms. The van der Waals surface area contributed by atoms with Crippen LogP contribution in [0.15, 0.2) is 34.1 Å². The molecule has 2 heterocycles. The van der Waals surface area contributed by atoms with E-state index in [1.807, 2.05) is 52.0 Å². The number of amides is 1. The number of anilines is 2. The van der Waals surface area contributed by atoms with Gasteiger partial charge in [-0.15, -0.1) is 11.3 Å². The van der Waals surface area contributed by atoms with Gasteiger partial charge in [0.1, 0.15) is 27.4 Å². The third-order valence-electron chi connectivity index (χ3n) is 6.29. The largest absolute Gasteiger partial charge is 0.474 e. The number of carbonyl (C=O) groups excluding carboxylic acids is 1. The molecule has 2 N–H and O–H groups in total. The molecule has 0 bridgehead atoms. The lowest BCUT2D eigenvalue weighted by molar-refractivity contribution is -0.123. The van der Waals surface area contributed by atoms with Crippen molar-refractivity contribution in [2.75, 3.05) is 17.2 Å². The van der Waals surface area contributed by atoms with Crippen LogP contribution >= 0.6 is 11.3 Å². The monoisotopic (exact) mass is 493 g/mol. The molecule has 8 nitrogen and oxygen atoms in total. The Labute approximate surface area is 208 Å². The maximum atomic E-state index is 13.1. The van der Waals surface area contributed by atoms with Gasteiger partial charge >= 0.3 is 0 Å². The fourth-order valence-electron chi connectivity index (χ4n) is 4.23. The molecule has 1 aliphatic carbocycles. The number of thiazole rings is 1. The third kappa shape index (κ3) is 5.17. The van der Waals surface area contributed by atoms with Crippen molar-refractivity contribution in [2.45, 2.75) is 65.5 Å². The van der Waals surface area contributed by atoms with Crippen molar-refractivity contribution in [3.05, 3.63) is 43.8 Å². The molecule has 4 rings (SSSR count). The topological polar surface area (TPSA) is 109 Å². The molecule has 1 amide bonds. The predicted octanol–water partition coefficient (Wildman–Crippen LogP) is 3.18. The summed E-state index contributed by atoms with van der Waals surface area (Å²) >= 11 is 1.24. The van der Waals surface area contributed by atoms with Crippen LogP contribution in [0.2, 0.25) is 0 Å². The lowest BCUT2D eigenvalue weighted by Gasteiger charge is -2.18. The number of ether oxygens (including phenoxy) is 1. The van der Waals surface area contributed by atoms with Gasteiger partial charge in [0, 0.05) is 29.5 Å². The van der Waals surface area contributed by atoms with Gasteiger partial charge in [-0.25, -0.2) is 4.99 Å². The second-order valence-electron chi connectivity index (χ2n) is 10.0. The van der Waals surface area contributed by atoms with Gasteiger partial charge < -0.3 is 15.4 Å². The van der Waals surface area contributed by atoms with E-state index >= 15 is 0 Å². The molecule has 2 aromatic rings. The Hall–Kier alpha value is -3.38. The van der Waals surface area contributed by atoms with Gasteiger partial charge in [0.2, 0.25) is 11.8 Å². The minimum absolute atomic E-state index is 0.0802. The van der Waals surface area contributed by atoms with Gasteiger partial charge in [0.15, 0.2) is 0 Å². The van der Waals surface area contributed by atoms with Crippen LogP contribution < -0.4 is 25.4 Å². The maximum absolute atomic E-state index is 13.1. The van der Waals surface area contributed by atoms with Gasteiger partial charge in [0.05, 0.1) is 5.54 Å². The van der Waals surface area contributed by atoms with Crippen LogP contribution in [0.25, 0.3) is 11.8 Å². The molecule has 0 radical (unpaired) electrons. The van der Waals surface area contributed by atoms with Gasteiger partial charge in [-0.05, 0) is 38.0 Å². The van der Waals surface area contributed by atoms with E-state index in [2.05, 4.69) is 16.7 Å². The smallest absolute Gasteiger partial charge is 0.270 e. The van der Waals surface area contributed by atoms with Crippen LogP contribution in [0.3, 0.4) is 0 Å². The first-order valence-corrected chi connectivity index (χ1v) is 12.7. The van der Waals surface area contributed by atoms with E-state index in [0.717, 1.165) is 31.4 Å². The number of carbonyl (C=O) groups is 1. The summed E-state index contributed by atoms with van der Waals surface area (Å²) in [7, 11) is 0. The third-order valence-corrected chi connectivity index (χ3v) is 7.42. The second kappa shape index (κ2) is 9.70. The SMILES string of the molecule is CCn1c(=C(C#N)C2=NC3(CCCC3)CO2)sc(=CNc2cccc(NC(=O)C(C)(C)C)c2)c1=O. The molecule has 9 heteroatoms. The standard InChI is InChI=1S/C26H31N5O3S/c1-5-31-22(32)20(15-28-17-9-8-10-18(13-17)29-24(33)25(2,3)4)35-23(31)19(14-27)21-30-26(16-34-21)11-6-7-12-26/h8-10,13,15,28H,5-7,11-12,16H2,1-4H3,(H,29,33). The Kier molecular flexibility index (Phi) is 6.86. The zero-order valence-electron chi connectivity index (χ0n) is 20.6. The lowest BCUT2D eigenvalue weighted by atomic mass is 9.95. The van der Waals surface area contributed by atoms with E-state index in [4.69, 9.17) is 9.73 Å². The summed E-state index contributed by atoms with van der Waals surface area (Å²) in [5.74, 6) is 0.267. The minimum Gasteiger partial charge on any atom is -0.474 e. The highest BCUT2D eigenvalue weighted by molar-refractivity contribution is 7.07. The number of aliphatic imine (C=N–C) groups is 1. The van der Waals surface area contributed by atoms with E-state index in [1.165, 1.54) is 11.3 Å². The molecular formula is C26H31N5O3S. The Morgan fingerprint density at radius 1 is 1.31 bits per heavy atom. The van der Waals surface area contributed by atoms with Crippen molar-refractivity contribution < 1.29 is 9.53 Å². The number of hydrogen-bond donors (Lipinski definition) is 2. The lowest BCUT2D eigenvalue weighted by Crippen LogP contribution is -2.32. The molecule has 2 aliphatic rings. The van der Waals surface area contributed by atoms with Crippen molar-refractivity contribution in [2.24, 2.45) is 10.4 Å². The number of aromatic nitrogens is 1. The normalized spacial score (nSPS) is 18.1. The van der Waals surface area contributed by atoms with Crippen molar-refractivity contribution >= 4 is 46.3 Å². The van der Waals surface area contributed by atoms with Crippen molar-refractivity contribution in [1.82, 2.24) is 4.57 Å². The van der Waals surface area contributed by atoms with E-state index in [0.29, 0.717) is 39.5 Å². The van der Waals surface area contributed by atoms with E-state index in [9.17, 15) is 14.9 Å². The average Bonchev–Trinajstić information content (AvgIpc) is 3.53. The highest BCUT2D eigenvalue weighted by Crippen LogP contribution is 2.37. The number of rotatable bonds is 5. The summed E-state index contributed by atoms with van der Waals surface area (Å²) in [5.41, 5.74) is 0.802. The molecular weight excluding hydrogens is 462 g/mol. The molecule has 0 saturated heterocycles. The highest BCUT2D eigenvalue weighted by Gasteiger charge is 2.40. The molecule has 1 spiro atoms.